The van der Waals surface area contributed by atoms with Gasteiger partial charge in [0.1, 0.15) is 6.04 Å². The van der Waals surface area contributed by atoms with Crippen molar-refractivity contribution in [2.45, 2.75) is 12.1 Å². The maximum Gasteiger partial charge on any atom is 0.262 e. The van der Waals surface area contributed by atoms with E-state index in [9.17, 15) is 14.4 Å². The second-order valence-electron chi connectivity index (χ2n) is 8.06. The number of carbonyl (C=O) groups is 3. The molecular formula is C26H21ClN2O6. The Bertz CT molecular complexity index is 1300. The summed E-state index contributed by atoms with van der Waals surface area (Å²) in [7, 11) is 4.48. The average Bonchev–Trinajstić information content (AvgIpc) is 3.12. The van der Waals surface area contributed by atoms with E-state index in [1.165, 1.54) is 26.2 Å². The van der Waals surface area contributed by atoms with Crippen LogP contribution in [0.5, 0.6) is 17.2 Å². The molecule has 3 amide bonds. The second kappa shape index (κ2) is 8.63. The number of β-lactam (4-membered cyclic amide) rings is 1. The Labute approximate surface area is 206 Å². The van der Waals surface area contributed by atoms with Gasteiger partial charge in [0.15, 0.2) is 11.5 Å². The zero-order chi connectivity index (χ0) is 24.9. The first-order chi connectivity index (χ1) is 16.9. The maximum absolute atomic E-state index is 13.6. The van der Waals surface area contributed by atoms with Crippen LogP contribution in [-0.2, 0) is 4.79 Å². The Balaban J connectivity index is 1.65. The maximum atomic E-state index is 13.6. The fourth-order valence-electron chi connectivity index (χ4n) is 4.68. The molecule has 5 rings (SSSR count). The molecule has 3 aromatic rings. The number of anilines is 1. The Morgan fingerprint density at radius 3 is 1.74 bits per heavy atom. The summed E-state index contributed by atoms with van der Waals surface area (Å²) < 4.78 is 16.4. The molecule has 2 aliphatic heterocycles. The highest BCUT2D eigenvalue weighted by molar-refractivity contribution is 6.30. The Morgan fingerprint density at radius 1 is 0.714 bits per heavy atom. The highest BCUT2D eigenvalue weighted by Gasteiger charge is 2.57. The summed E-state index contributed by atoms with van der Waals surface area (Å²) in [6.45, 7) is 0. The molecule has 0 unspecified atom stereocenters. The molecule has 0 bridgehead atoms. The van der Waals surface area contributed by atoms with Crippen molar-refractivity contribution in [3.05, 3.63) is 82.4 Å². The number of hydrogen-bond donors (Lipinski definition) is 0. The number of fused-ring (bicyclic) bond motifs is 1. The topological polar surface area (TPSA) is 85.4 Å². The van der Waals surface area contributed by atoms with Crippen molar-refractivity contribution < 1.29 is 28.6 Å². The molecule has 2 atom stereocenters. The number of halogens is 1. The molecular weight excluding hydrogens is 472 g/mol. The molecule has 9 heteroatoms. The number of imide groups is 1. The standard InChI is InChI=1S/C26H21ClN2O6/c1-33-19-12-14(13-20(34-2)23(19)35-3)21-22(26(32)28(21)16-10-8-15(27)9-11-16)29-24(30)17-6-4-5-7-18(17)25(29)31/h4-13,21-22H,1-3H3/t21-,22+/m0/s1. The van der Waals surface area contributed by atoms with E-state index in [1.54, 1.807) is 60.7 Å². The van der Waals surface area contributed by atoms with Gasteiger partial charge in [-0.15, -0.1) is 0 Å². The van der Waals surface area contributed by atoms with Gasteiger partial charge in [-0.3, -0.25) is 19.3 Å². The highest BCUT2D eigenvalue weighted by Crippen LogP contribution is 2.48. The third-order valence-electron chi connectivity index (χ3n) is 6.30. The van der Waals surface area contributed by atoms with E-state index in [0.717, 1.165) is 4.90 Å². The van der Waals surface area contributed by atoms with Crippen LogP contribution >= 0.6 is 11.6 Å². The fourth-order valence-corrected chi connectivity index (χ4v) is 4.80. The predicted octanol–water partition coefficient (Wildman–Crippen LogP) is 4.12. The number of ether oxygens (including phenoxy) is 3. The number of methoxy groups -OCH3 is 3. The normalized spacial score (nSPS) is 18.9. The molecule has 1 fully saturated rings. The molecule has 2 aliphatic rings. The van der Waals surface area contributed by atoms with E-state index in [4.69, 9.17) is 25.8 Å². The van der Waals surface area contributed by atoms with Gasteiger partial charge in [-0.1, -0.05) is 23.7 Å². The average molecular weight is 493 g/mol. The molecule has 0 radical (unpaired) electrons. The van der Waals surface area contributed by atoms with Crippen LogP contribution in [0.1, 0.15) is 32.3 Å². The first-order valence-corrected chi connectivity index (χ1v) is 11.1. The van der Waals surface area contributed by atoms with Crippen molar-refractivity contribution in [2.24, 2.45) is 0 Å². The van der Waals surface area contributed by atoms with Gasteiger partial charge in [0.2, 0.25) is 5.75 Å². The summed E-state index contributed by atoms with van der Waals surface area (Å²) in [5, 5.41) is 0.517. The molecule has 0 aromatic heterocycles. The van der Waals surface area contributed by atoms with Gasteiger partial charge in [0.05, 0.1) is 38.5 Å². The first-order valence-electron chi connectivity index (χ1n) is 10.8. The number of benzene rings is 3. The third kappa shape index (κ3) is 3.40. The number of carbonyl (C=O) groups excluding carboxylic acids is 3. The lowest BCUT2D eigenvalue weighted by Gasteiger charge is -2.49. The summed E-state index contributed by atoms with van der Waals surface area (Å²) in [4.78, 5) is 42.6. The van der Waals surface area contributed by atoms with Crippen molar-refractivity contribution in [1.82, 2.24) is 4.90 Å². The lowest BCUT2D eigenvalue weighted by atomic mass is 9.86. The minimum Gasteiger partial charge on any atom is -0.493 e. The number of hydrogen-bond acceptors (Lipinski definition) is 6. The largest absolute Gasteiger partial charge is 0.493 e. The van der Waals surface area contributed by atoms with Crippen LogP contribution in [0, 0.1) is 0 Å². The predicted molar refractivity (Wildman–Crippen MR) is 129 cm³/mol. The molecule has 0 aliphatic carbocycles. The minimum absolute atomic E-state index is 0.277. The van der Waals surface area contributed by atoms with Gasteiger partial charge >= 0.3 is 0 Å². The smallest absolute Gasteiger partial charge is 0.262 e. The van der Waals surface area contributed by atoms with Crippen LogP contribution in [0.3, 0.4) is 0 Å². The highest BCUT2D eigenvalue weighted by atomic mass is 35.5. The molecule has 35 heavy (non-hydrogen) atoms. The van der Waals surface area contributed by atoms with Gasteiger partial charge < -0.3 is 19.1 Å². The fraction of sp³-hybridized carbons (Fsp3) is 0.192. The van der Waals surface area contributed by atoms with E-state index in [1.807, 2.05) is 0 Å². The molecule has 8 nitrogen and oxygen atoms in total. The van der Waals surface area contributed by atoms with Crippen molar-refractivity contribution >= 4 is 35.0 Å². The zero-order valence-corrected chi connectivity index (χ0v) is 19.9. The molecule has 178 valence electrons. The van der Waals surface area contributed by atoms with Gasteiger partial charge in [-0.2, -0.15) is 0 Å². The lowest BCUT2D eigenvalue weighted by Crippen LogP contribution is -2.67. The van der Waals surface area contributed by atoms with Gasteiger partial charge in [0, 0.05) is 10.7 Å². The van der Waals surface area contributed by atoms with Crippen LogP contribution < -0.4 is 19.1 Å². The third-order valence-corrected chi connectivity index (χ3v) is 6.56. The van der Waals surface area contributed by atoms with Crippen LogP contribution in [-0.4, -0.2) is 50.0 Å². The van der Waals surface area contributed by atoms with E-state index in [0.29, 0.717) is 33.5 Å². The summed E-state index contributed by atoms with van der Waals surface area (Å²) in [6, 6.07) is 15.0. The summed E-state index contributed by atoms with van der Waals surface area (Å²) in [6.07, 6.45) is 0. The van der Waals surface area contributed by atoms with Gasteiger partial charge in [0.25, 0.3) is 17.7 Å². The molecule has 0 N–H and O–H groups in total. The van der Waals surface area contributed by atoms with Crippen molar-refractivity contribution in [2.75, 3.05) is 26.2 Å². The number of nitrogens with zero attached hydrogens (tertiary/aromatic N) is 2. The SMILES string of the molecule is COc1cc([C@H]2[C@@H](N3C(=O)c4ccccc4C3=O)C(=O)N2c2ccc(Cl)cc2)cc(OC)c1OC. The molecule has 0 spiro atoms. The van der Waals surface area contributed by atoms with Crippen LogP contribution in [0.25, 0.3) is 0 Å². The van der Waals surface area contributed by atoms with Crippen molar-refractivity contribution in [3.8, 4) is 17.2 Å². The Kier molecular flexibility index (Phi) is 5.61. The molecule has 0 saturated carbocycles. The number of rotatable bonds is 6. The van der Waals surface area contributed by atoms with Crippen molar-refractivity contribution in [1.29, 1.82) is 0 Å². The van der Waals surface area contributed by atoms with E-state index >= 15 is 0 Å². The van der Waals surface area contributed by atoms with Crippen molar-refractivity contribution in [3.63, 3.8) is 0 Å². The Hall–Kier alpha value is -4.04. The second-order valence-corrected chi connectivity index (χ2v) is 8.50. The zero-order valence-electron chi connectivity index (χ0n) is 19.2. The monoisotopic (exact) mass is 492 g/mol. The van der Waals surface area contributed by atoms with Gasteiger partial charge in [-0.25, -0.2) is 0 Å². The summed E-state index contributed by atoms with van der Waals surface area (Å²) in [5.74, 6) is -0.230. The number of amides is 3. The minimum atomic E-state index is -1.05. The summed E-state index contributed by atoms with van der Waals surface area (Å²) >= 11 is 6.05. The lowest BCUT2D eigenvalue weighted by molar-refractivity contribution is -0.130. The molecule has 2 heterocycles. The van der Waals surface area contributed by atoms with Crippen LogP contribution in [0.4, 0.5) is 5.69 Å². The molecule has 3 aromatic carbocycles. The van der Waals surface area contributed by atoms with E-state index < -0.39 is 23.9 Å². The summed E-state index contributed by atoms with van der Waals surface area (Å²) in [5.41, 5.74) is 1.74. The van der Waals surface area contributed by atoms with E-state index in [2.05, 4.69) is 0 Å². The Morgan fingerprint density at radius 2 is 1.26 bits per heavy atom. The first kappa shape index (κ1) is 22.7. The van der Waals surface area contributed by atoms with Crippen LogP contribution in [0.2, 0.25) is 5.02 Å². The van der Waals surface area contributed by atoms with Crippen LogP contribution in [0.15, 0.2) is 60.7 Å². The quantitative estimate of drug-likeness (QED) is 0.380. The molecule has 1 saturated heterocycles. The van der Waals surface area contributed by atoms with Gasteiger partial charge in [-0.05, 0) is 54.1 Å². The van der Waals surface area contributed by atoms with E-state index in [-0.39, 0.29) is 17.0 Å².